The molecule has 0 saturated carbocycles. The summed E-state index contributed by atoms with van der Waals surface area (Å²) in [5.74, 6) is 0. The van der Waals surface area contributed by atoms with Gasteiger partial charge in [-0.1, -0.05) is 42.5 Å². The van der Waals surface area contributed by atoms with Gasteiger partial charge in [-0.3, -0.25) is 0 Å². The molecule has 0 aliphatic heterocycles. The molecule has 0 saturated heterocycles. The molecule has 0 radical (unpaired) electrons. The molecule has 1 aromatic heterocycles. The van der Waals surface area contributed by atoms with Crippen LogP contribution in [0.2, 0.25) is 0 Å². The average Bonchev–Trinajstić information content (AvgIpc) is 3.04. The Morgan fingerprint density at radius 2 is 1.72 bits per heavy atom. The fraction of sp³-hybridized carbons (Fsp3) is 0.167. The third kappa shape index (κ3) is 3.79. The third-order valence-corrected chi connectivity index (χ3v) is 4.78. The highest BCUT2D eigenvalue weighted by molar-refractivity contribution is 7.89. The second-order valence-corrected chi connectivity index (χ2v) is 7.17. The summed E-state index contributed by atoms with van der Waals surface area (Å²) in [5.41, 5.74) is 2.86. The maximum absolute atomic E-state index is 12.0. The van der Waals surface area contributed by atoms with Crippen molar-refractivity contribution in [2.24, 2.45) is 5.14 Å². The van der Waals surface area contributed by atoms with E-state index in [4.69, 9.17) is 10.2 Å². The van der Waals surface area contributed by atoms with Crippen LogP contribution >= 0.6 is 0 Å². The SMILES string of the molecule is NS(=O)(=O)c1ccccc1-n1nc(CCCO)cc1-c1ccccc1. The van der Waals surface area contributed by atoms with Gasteiger partial charge in [0.1, 0.15) is 4.90 Å². The minimum atomic E-state index is -3.89. The van der Waals surface area contributed by atoms with E-state index in [0.29, 0.717) is 18.5 Å². The number of aliphatic hydroxyl groups excluding tert-OH is 1. The van der Waals surface area contributed by atoms with E-state index in [2.05, 4.69) is 5.10 Å². The minimum absolute atomic E-state index is 0.0176. The van der Waals surface area contributed by atoms with Gasteiger partial charge in [-0.15, -0.1) is 0 Å². The number of aryl methyl sites for hydroxylation is 1. The van der Waals surface area contributed by atoms with Crippen LogP contribution in [0.5, 0.6) is 0 Å². The lowest BCUT2D eigenvalue weighted by molar-refractivity contribution is 0.288. The van der Waals surface area contributed by atoms with Crippen LogP contribution in [0.4, 0.5) is 0 Å². The van der Waals surface area contributed by atoms with Crippen molar-refractivity contribution in [3.63, 3.8) is 0 Å². The monoisotopic (exact) mass is 357 g/mol. The lowest BCUT2D eigenvalue weighted by Gasteiger charge is -2.11. The van der Waals surface area contributed by atoms with Crippen LogP contribution in [-0.2, 0) is 16.4 Å². The van der Waals surface area contributed by atoms with Gasteiger partial charge < -0.3 is 5.11 Å². The van der Waals surface area contributed by atoms with E-state index < -0.39 is 10.0 Å². The van der Waals surface area contributed by atoms with Crippen molar-refractivity contribution in [1.82, 2.24) is 9.78 Å². The summed E-state index contributed by atoms with van der Waals surface area (Å²) in [7, 11) is -3.89. The van der Waals surface area contributed by atoms with Gasteiger partial charge in [0.25, 0.3) is 0 Å². The molecule has 6 nitrogen and oxygen atoms in total. The van der Waals surface area contributed by atoms with E-state index in [1.807, 2.05) is 36.4 Å². The summed E-state index contributed by atoms with van der Waals surface area (Å²) in [6.45, 7) is 0.0707. The van der Waals surface area contributed by atoms with Crippen LogP contribution in [-0.4, -0.2) is 29.9 Å². The number of aliphatic hydroxyl groups is 1. The van der Waals surface area contributed by atoms with Crippen LogP contribution in [0.3, 0.4) is 0 Å². The number of hydrogen-bond acceptors (Lipinski definition) is 4. The van der Waals surface area contributed by atoms with Gasteiger partial charge in [0.05, 0.1) is 17.1 Å². The lowest BCUT2D eigenvalue weighted by Crippen LogP contribution is -2.16. The van der Waals surface area contributed by atoms with Gasteiger partial charge in [-0.05, 0) is 31.0 Å². The molecule has 0 aliphatic carbocycles. The van der Waals surface area contributed by atoms with E-state index in [1.54, 1.807) is 22.9 Å². The molecule has 3 rings (SSSR count). The molecule has 2 aromatic carbocycles. The lowest BCUT2D eigenvalue weighted by atomic mass is 10.1. The zero-order valence-electron chi connectivity index (χ0n) is 13.5. The van der Waals surface area contributed by atoms with Crippen molar-refractivity contribution >= 4 is 10.0 Å². The predicted molar refractivity (Wildman–Crippen MR) is 95.8 cm³/mol. The van der Waals surface area contributed by atoms with Gasteiger partial charge >= 0.3 is 0 Å². The molecule has 1 heterocycles. The standard InChI is InChI=1S/C18H19N3O3S/c19-25(23,24)18-11-5-4-10-16(18)21-17(14-7-2-1-3-8-14)13-15(20-21)9-6-12-22/h1-5,7-8,10-11,13,22H,6,9,12H2,(H2,19,23,24). The quantitative estimate of drug-likeness (QED) is 0.706. The molecule has 0 spiro atoms. The van der Waals surface area contributed by atoms with Crippen LogP contribution in [0.25, 0.3) is 16.9 Å². The van der Waals surface area contributed by atoms with Crippen LogP contribution in [0.15, 0.2) is 65.6 Å². The van der Waals surface area contributed by atoms with Crippen LogP contribution in [0.1, 0.15) is 12.1 Å². The number of benzene rings is 2. The number of para-hydroxylation sites is 1. The first-order valence-electron chi connectivity index (χ1n) is 7.88. The number of nitrogens with two attached hydrogens (primary N) is 1. The first kappa shape index (κ1) is 17.3. The van der Waals surface area contributed by atoms with E-state index >= 15 is 0 Å². The molecule has 0 atom stereocenters. The third-order valence-electron chi connectivity index (χ3n) is 3.82. The normalized spacial score (nSPS) is 11.6. The molecule has 0 amide bonds. The molecule has 130 valence electrons. The molecule has 0 fully saturated rings. The van der Waals surface area contributed by atoms with Gasteiger partial charge in [-0.25, -0.2) is 18.2 Å². The number of hydrogen-bond donors (Lipinski definition) is 2. The molecule has 0 aliphatic rings. The first-order valence-corrected chi connectivity index (χ1v) is 9.43. The highest BCUT2D eigenvalue weighted by Crippen LogP contribution is 2.27. The second kappa shape index (κ2) is 7.18. The van der Waals surface area contributed by atoms with Gasteiger partial charge in [0.2, 0.25) is 10.0 Å². The Labute approximate surface area is 146 Å². The molecule has 25 heavy (non-hydrogen) atoms. The zero-order chi connectivity index (χ0) is 17.9. The molecule has 3 N–H and O–H groups in total. The average molecular weight is 357 g/mol. The Morgan fingerprint density at radius 3 is 2.40 bits per heavy atom. The number of rotatable bonds is 6. The number of sulfonamides is 1. The molecule has 3 aromatic rings. The highest BCUT2D eigenvalue weighted by Gasteiger charge is 2.19. The second-order valence-electron chi connectivity index (χ2n) is 5.64. The van der Waals surface area contributed by atoms with Gasteiger partial charge in [0.15, 0.2) is 0 Å². The molecule has 0 bridgehead atoms. The Kier molecular flexibility index (Phi) is 4.98. The Balaban J connectivity index is 2.21. The maximum atomic E-state index is 12.0. The fourth-order valence-corrected chi connectivity index (χ4v) is 3.40. The Bertz CT molecular complexity index is 966. The first-order chi connectivity index (χ1) is 12.0. The van der Waals surface area contributed by atoms with Crippen molar-refractivity contribution < 1.29 is 13.5 Å². The number of primary sulfonamides is 1. The van der Waals surface area contributed by atoms with Gasteiger partial charge in [-0.2, -0.15) is 5.10 Å². The summed E-state index contributed by atoms with van der Waals surface area (Å²) in [6.07, 6.45) is 1.18. The van der Waals surface area contributed by atoms with E-state index in [-0.39, 0.29) is 11.5 Å². The summed E-state index contributed by atoms with van der Waals surface area (Å²) in [5, 5.41) is 19.0. The largest absolute Gasteiger partial charge is 0.396 e. The number of nitrogens with zero attached hydrogens (tertiary/aromatic N) is 2. The minimum Gasteiger partial charge on any atom is -0.396 e. The van der Waals surface area contributed by atoms with E-state index in [0.717, 1.165) is 17.0 Å². The molecule has 0 unspecified atom stereocenters. The summed E-state index contributed by atoms with van der Waals surface area (Å²) in [4.78, 5) is 0.0176. The zero-order valence-corrected chi connectivity index (χ0v) is 14.4. The van der Waals surface area contributed by atoms with Crippen molar-refractivity contribution in [3.05, 3.63) is 66.4 Å². The number of aromatic nitrogens is 2. The molecular formula is C18H19N3O3S. The van der Waals surface area contributed by atoms with E-state index in [9.17, 15) is 8.42 Å². The van der Waals surface area contributed by atoms with Crippen molar-refractivity contribution in [2.45, 2.75) is 17.7 Å². The molecular weight excluding hydrogens is 338 g/mol. The van der Waals surface area contributed by atoms with Gasteiger partial charge in [0, 0.05) is 12.2 Å². The predicted octanol–water partition coefficient (Wildman–Crippen LogP) is 2.11. The highest BCUT2D eigenvalue weighted by atomic mass is 32.2. The van der Waals surface area contributed by atoms with Crippen molar-refractivity contribution in [1.29, 1.82) is 0 Å². The smallest absolute Gasteiger partial charge is 0.240 e. The summed E-state index contributed by atoms with van der Waals surface area (Å²) in [6, 6.07) is 18.0. The van der Waals surface area contributed by atoms with Crippen LogP contribution < -0.4 is 5.14 Å². The van der Waals surface area contributed by atoms with Crippen molar-refractivity contribution in [3.8, 4) is 16.9 Å². The topological polar surface area (TPSA) is 98.2 Å². The molecule has 7 heteroatoms. The van der Waals surface area contributed by atoms with Crippen LogP contribution in [0, 0.1) is 0 Å². The van der Waals surface area contributed by atoms with E-state index in [1.165, 1.54) is 6.07 Å². The summed E-state index contributed by atoms with van der Waals surface area (Å²) >= 11 is 0. The fourth-order valence-electron chi connectivity index (χ4n) is 2.68. The van der Waals surface area contributed by atoms with Crippen molar-refractivity contribution in [2.75, 3.05) is 6.61 Å². The summed E-state index contributed by atoms with van der Waals surface area (Å²) < 4.78 is 25.5. The Hall–Kier alpha value is -2.48. The maximum Gasteiger partial charge on any atom is 0.240 e. The Morgan fingerprint density at radius 1 is 1.04 bits per heavy atom.